The molecule has 1 atom stereocenters. The molecule has 0 saturated heterocycles. The van der Waals surface area contributed by atoms with Crippen molar-refractivity contribution in [2.24, 2.45) is 0 Å². The van der Waals surface area contributed by atoms with E-state index in [1.54, 1.807) is 14.2 Å². The second-order valence-electron chi connectivity index (χ2n) is 5.23. The van der Waals surface area contributed by atoms with Crippen molar-refractivity contribution in [3.8, 4) is 11.5 Å². The van der Waals surface area contributed by atoms with Crippen molar-refractivity contribution in [1.82, 2.24) is 5.32 Å². The number of hydrogen-bond donors (Lipinski definition) is 1. The van der Waals surface area contributed by atoms with Gasteiger partial charge in [-0.15, -0.1) is 0 Å². The molecule has 0 bridgehead atoms. The lowest BCUT2D eigenvalue weighted by Gasteiger charge is -2.20. The predicted octanol–water partition coefficient (Wildman–Crippen LogP) is 3.64. The average molecular weight is 295 g/mol. The van der Waals surface area contributed by atoms with Crippen LogP contribution in [0.3, 0.4) is 0 Å². The fourth-order valence-electron chi connectivity index (χ4n) is 2.66. The zero-order chi connectivity index (χ0) is 14.4. The van der Waals surface area contributed by atoms with E-state index in [1.807, 2.05) is 13.1 Å². The summed E-state index contributed by atoms with van der Waals surface area (Å²) in [6.45, 7) is 0. The molecule has 4 heteroatoms. The number of thioether (sulfide) groups is 1. The highest BCUT2D eigenvalue weighted by Crippen LogP contribution is 2.33. The summed E-state index contributed by atoms with van der Waals surface area (Å²) < 4.78 is 10.7. The van der Waals surface area contributed by atoms with Crippen molar-refractivity contribution in [3.63, 3.8) is 0 Å². The van der Waals surface area contributed by atoms with Crippen LogP contribution in [0.15, 0.2) is 18.2 Å². The van der Waals surface area contributed by atoms with Crippen LogP contribution in [0, 0.1) is 0 Å². The molecule has 0 aromatic heterocycles. The molecule has 1 saturated carbocycles. The highest BCUT2D eigenvalue weighted by molar-refractivity contribution is 7.99. The van der Waals surface area contributed by atoms with Gasteiger partial charge in [-0.3, -0.25) is 0 Å². The summed E-state index contributed by atoms with van der Waals surface area (Å²) in [6, 6.07) is 6.45. The van der Waals surface area contributed by atoms with Gasteiger partial charge in [0.05, 0.1) is 14.2 Å². The molecular formula is C16H25NO2S. The number of rotatable bonds is 7. The molecule has 0 spiro atoms. The van der Waals surface area contributed by atoms with Crippen molar-refractivity contribution in [2.75, 3.05) is 27.0 Å². The Morgan fingerprint density at radius 3 is 2.25 bits per heavy atom. The van der Waals surface area contributed by atoms with Crippen LogP contribution < -0.4 is 14.8 Å². The van der Waals surface area contributed by atoms with Crippen LogP contribution in [-0.2, 0) is 0 Å². The first kappa shape index (κ1) is 15.5. The SMILES string of the molecule is CNC(CSC1CCCC1)c1cc(OC)cc(OC)c1. The minimum Gasteiger partial charge on any atom is -0.497 e. The monoisotopic (exact) mass is 295 g/mol. The Labute approximate surface area is 126 Å². The molecule has 0 heterocycles. The van der Waals surface area contributed by atoms with Gasteiger partial charge in [0.2, 0.25) is 0 Å². The molecule has 0 aliphatic heterocycles. The lowest BCUT2D eigenvalue weighted by atomic mass is 10.1. The predicted molar refractivity (Wildman–Crippen MR) is 86.1 cm³/mol. The maximum atomic E-state index is 5.36. The van der Waals surface area contributed by atoms with Crippen LogP contribution in [0.5, 0.6) is 11.5 Å². The lowest BCUT2D eigenvalue weighted by molar-refractivity contribution is 0.392. The minimum atomic E-state index is 0.338. The largest absolute Gasteiger partial charge is 0.497 e. The Morgan fingerprint density at radius 1 is 1.15 bits per heavy atom. The van der Waals surface area contributed by atoms with Gasteiger partial charge in [-0.1, -0.05) is 12.8 Å². The van der Waals surface area contributed by atoms with Gasteiger partial charge in [0.15, 0.2) is 0 Å². The van der Waals surface area contributed by atoms with E-state index in [0.29, 0.717) is 6.04 Å². The van der Waals surface area contributed by atoms with Crippen LogP contribution in [0.2, 0.25) is 0 Å². The molecule has 1 N–H and O–H groups in total. The smallest absolute Gasteiger partial charge is 0.122 e. The van der Waals surface area contributed by atoms with E-state index in [9.17, 15) is 0 Å². The first-order chi connectivity index (χ1) is 9.76. The highest BCUT2D eigenvalue weighted by atomic mass is 32.2. The maximum absolute atomic E-state index is 5.36. The van der Waals surface area contributed by atoms with Crippen molar-refractivity contribution in [1.29, 1.82) is 0 Å². The standard InChI is InChI=1S/C16H25NO2S/c1-17-16(11-20-15-6-4-5-7-15)12-8-13(18-2)10-14(9-12)19-3/h8-10,15-17H,4-7,11H2,1-3H3. The van der Waals surface area contributed by atoms with Crippen LogP contribution >= 0.6 is 11.8 Å². The summed E-state index contributed by atoms with van der Waals surface area (Å²) in [7, 11) is 5.41. The molecule has 112 valence electrons. The van der Waals surface area contributed by atoms with Crippen LogP contribution in [0.1, 0.15) is 37.3 Å². The van der Waals surface area contributed by atoms with Gasteiger partial charge >= 0.3 is 0 Å². The van der Waals surface area contributed by atoms with Gasteiger partial charge in [-0.2, -0.15) is 11.8 Å². The molecule has 2 rings (SSSR count). The zero-order valence-corrected chi connectivity index (χ0v) is 13.5. The number of benzene rings is 1. The van der Waals surface area contributed by atoms with Crippen LogP contribution in [0.25, 0.3) is 0 Å². The van der Waals surface area contributed by atoms with E-state index < -0.39 is 0 Å². The van der Waals surface area contributed by atoms with E-state index in [4.69, 9.17) is 9.47 Å². The van der Waals surface area contributed by atoms with Gasteiger partial charge in [0.1, 0.15) is 11.5 Å². The van der Waals surface area contributed by atoms with E-state index in [0.717, 1.165) is 22.5 Å². The van der Waals surface area contributed by atoms with Gasteiger partial charge in [0.25, 0.3) is 0 Å². The Bertz CT molecular complexity index is 397. The van der Waals surface area contributed by atoms with Crippen molar-refractivity contribution in [3.05, 3.63) is 23.8 Å². The molecule has 1 aromatic carbocycles. The lowest BCUT2D eigenvalue weighted by Crippen LogP contribution is -2.20. The molecule has 1 aromatic rings. The topological polar surface area (TPSA) is 30.5 Å². The average Bonchev–Trinajstić information content (AvgIpc) is 3.00. The Morgan fingerprint density at radius 2 is 1.75 bits per heavy atom. The summed E-state index contributed by atoms with van der Waals surface area (Å²) in [5.41, 5.74) is 1.23. The van der Waals surface area contributed by atoms with Gasteiger partial charge in [0, 0.05) is 23.1 Å². The zero-order valence-electron chi connectivity index (χ0n) is 12.6. The first-order valence-electron chi connectivity index (χ1n) is 7.28. The fraction of sp³-hybridized carbons (Fsp3) is 0.625. The van der Waals surface area contributed by atoms with Gasteiger partial charge in [-0.05, 0) is 37.6 Å². The van der Waals surface area contributed by atoms with Crippen molar-refractivity contribution < 1.29 is 9.47 Å². The second kappa shape index (κ2) is 7.79. The van der Waals surface area contributed by atoms with E-state index in [1.165, 1.54) is 31.2 Å². The molecule has 0 radical (unpaired) electrons. The number of hydrogen-bond acceptors (Lipinski definition) is 4. The van der Waals surface area contributed by atoms with E-state index in [-0.39, 0.29) is 0 Å². The summed E-state index contributed by atoms with van der Waals surface area (Å²) in [5, 5.41) is 4.26. The first-order valence-corrected chi connectivity index (χ1v) is 8.33. The molecule has 1 aliphatic carbocycles. The minimum absolute atomic E-state index is 0.338. The molecule has 1 fully saturated rings. The van der Waals surface area contributed by atoms with E-state index in [2.05, 4.69) is 29.2 Å². The van der Waals surface area contributed by atoms with Crippen molar-refractivity contribution >= 4 is 11.8 Å². The molecule has 3 nitrogen and oxygen atoms in total. The summed E-state index contributed by atoms with van der Waals surface area (Å²) >= 11 is 2.09. The molecule has 1 unspecified atom stereocenters. The Kier molecular flexibility index (Phi) is 6.05. The third kappa shape index (κ3) is 4.06. The normalized spacial score (nSPS) is 17.1. The third-order valence-electron chi connectivity index (χ3n) is 3.93. The second-order valence-corrected chi connectivity index (χ2v) is 6.56. The van der Waals surface area contributed by atoms with Gasteiger partial charge < -0.3 is 14.8 Å². The molecular weight excluding hydrogens is 270 g/mol. The fourth-order valence-corrected chi connectivity index (χ4v) is 4.15. The molecule has 20 heavy (non-hydrogen) atoms. The summed E-state index contributed by atoms with van der Waals surface area (Å²) in [6.07, 6.45) is 5.55. The quantitative estimate of drug-likeness (QED) is 0.832. The summed E-state index contributed by atoms with van der Waals surface area (Å²) in [5.74, 6) is 2.80. The number of methoxy groups -OCH3 is 2. The van der Waals surface area contributed by atoms with Gasteiger partial charge in [-0.25, -0.2) is 0 Å². The van der Waals surface area contributed by atoms with E-state index >= 15 is 0 Å². The number of ether oxygens (including phenoxy) is 2. The Hall–Kier alpha value is -0.870. The third-order valence-corrected chi connectivity index (χ3v) is 5.39. The molecule has 1 aliphatic rings. The van der Waals surface area contributed by atoms with Crippen molar-refractivity contribution in [2.45, 2.75) is 37.0 Å². The van der Waals surface area contributed by atoms with Crippen LogP contribution in [0.4, 0.5) is 0 Å². The highest BCUT2D eigenvalue weighted by Gasteiger charge is 2.19. The summed E-state index contributed by atoms with van der Waals surface area (Å²) in [4.78, 5) is 0. The number of nitrogens with one attached hydrogen (secondary N) is 1. The maximum Gasteiger partial charge on any atom is 0.122 e. The Balaban J connectivity index is 2.05. The molecule has 0 amide bonds. The van der Waals surface area contributed by atoms with Crippen LogP contribution in [-0.4, -0.2) is 32.3 Å².